The molecule has 0 N–H and O–H groups in total. The molecule has 5 heteroatoms. The summed E-state index contributed by atoms with van der Waals surface area (Å²) in [5.74, 6) is 0. The fraction of sp³-hybridized carbons (Fsp3) is 1.00. The third kappa shape index (κ3) is 13.1. The summed E-state index contributed by atoms with van der Waals surface area (Å²) in [4.78, 5) is 4.84. The third-order valence-electron chi connectivity index (χ3n) is 2.94. The van der Waals surface area contributed by atoms with Crippen LogP contribution in [-0.4, -0.2) is 62.2 Å². The molecule has 0 aromatic carbocycles. The van der Waals surface area contributed by atoms with E-state index in [-0.39, 0.29) is 0 Å². The molecule has 0 heterocycles. The van der Waals surface area contributed by atoms with Crippen molar-refractivity contribution < 1.29 is 18.2 Å². The van der Waals surface area contributed by atoms with Crippen molar-refractivity contribution in [3.63, 3.8) is 0 Å². The monoisotopic (exact) mass is 355 g/mol. The van der Waals surface area contributed by atoms with Crippen LogP contribution in [0.2, 0.25) is 0 Å². The first kappa shape index (κ1) is 20.2. The van der Waals surface area contributed by atoms with E-state index in [9.17, 15) is 0 Å². The van der Waals surface area contributed by atoms with Gasteiger partial charge in [-0.25, -0.2) is 0 Å². The number of nitrogens with zero attached hydrogens (tertiary/aromatic N) is 3. The van der Waals surface area contributed by atoms with Gasteiger partial charge in [0, 0.05) is 0 Å². The van der Waals surface area contributed by atoms with Gasteiger partial charge in [-0.2, -0.15) is 0 Å². The summed E-state index contributed by atoms with van der Waals surface area (Å²) >= 11 is 2.22. The zero-order chi connectivity index (χ0) is 13.5. The molecule has 17 heavy (non-hydrogen) atoms. The van der Waals surface area contributed by atoms with Gasteiger partial charge in [-0.1, -0.05) is 27.7 Å². The topological polar surface area (TPSA) is 20.6 Å². The first-order valence-electron chi connectivity index (χ1n) is 6.48. The van der Waals surface area contributed by atoms with Crippen molar-refractivity contribution in [2.45, 2.75) is 27.7 Å². The Morgan fingerprint density at radius 3 is 1.29 bits per heavy atom. The van der Waals surface area contributed by atoms with Crippen LogP contribution < -0.4 is 0 Å². The Kier molecular flexibility index (Phi) is 20.0. The number of hydrogen-bond acceptors (Lipinski definition) is 2. The molecule has 0 aliphatic rings. The predicted molar refractivity (Wildman–Crippen MR) is 74.5 cm³/mol. The van der Waals surface area contributed by atoms with E-state index in [1.54, 1.807) is 0 Å². The van der Waals surface area contributed by atoms with Crippen LogP contribution in [0.25, 0.3) is 5.32 Å². The molecular weight excluding hydrogens is 328 g/mol. The van der Waals surface area contributed by atoms with E-state index in [2.05, 4.69) is 70.5 Å². The molecule has 0 spiro atoms. The van der Waals surface area contributed by atoms with Crippen molar-refractivity contribution in [3.8, 4) is 0 Å². The number of rotatable bonds is 10. The van der Waals surface area contributed by atoms with Crippen LogP contribution in [0.15, 0.2) is 0 Å². The summed E-state index contributed by atoms with van der Waals surface area (Å²) in [6.45, 7) is 17.6. The molecule has 0 aromatic heterocycles. The number of hydrogen-bond donors (Lipinski definition) is 0. The fourth-order valence-electron chi connectivity index (χ4n) is 1.62. The second-order valence-corrected chi connectivity index (χ2v) is 3.72. The van der Waals surface area contributed by atoms with Crippen LogP contribution in [0.1, 0.15) is 27.7 Å². The standard InChI is InChI=1S/C12H28N3.ClH.Pd/c1-5-14(6-2)11-9-13-10-12-15(7-3)8-4;;/h5-12H2,1-4H3;1H;/q-1;;+2/p-1. The summed E-state index contributed by atoms with van der Waals surface area (Å²) in [5, 5.41) is 4.56. The second kappa shape index (κ2) is 16.8. The van der Waals surface area contributed by atoms with Gasteiger partial charge in [0.2, 0.25) is 0 Å². The van der Waals surface area contributed by atoms with Crippen LogP contribution in [-0.2, 0) is 18.2 Å². The molecule has 0 aliphatic heterocycles. The molecule has 108 valence electrons. The third-order valence-corrected chi connectivity index (χ3v) is 2.94. The van der Waals surface area contributed by atoms with E-state index in [1.807, 2.05) is 0 Å². The van der Waals surface area contributed by atoms with Crippen LogP contribution in [0.4, 0.5) is 0 Å². The summed E-state index contributed by atoms with van der Waals surface area (Å²) in [6.07, 6.45) is 0. The van der Waals surface area contributed by atoms with Gasteiger partial charge in [-0.3, -0.25) is 0 Å². The van der Waals surface area contributed by atoms with E-state index < -0.39 is 0 Å². The average molecular weight is 356 g/mol. The molecule has 0 radical (unpaired) electrons. The molecule has 0 unspecified atom stereocenters. The van der Waals surface area contributed by atoms with Gasteiger partial charge in [0.15, 0.2) is 0 Å². The summed E-state index contributed by atoms with van der Waals surface area (Å²) in [5.41, 5.74) is 0. The molecule has 0 saturated heterocycles. The van der Waals surface area contributed by atoms with Crippen LogP contribution in [0, 0.1) is 0 Å². The van der Waals surface area contributed by atoms with E-state index in [0.717, 1.165) is 52.4 Å². The molecule has 0 bridgehead atoms. The maximum atomic E-state index is 4.56. The van der Waals surface area contributed by atoms with Crippen LogP contribution in [0.3, 0.4) is 0 Å². The average Bonchev–Trinajstić information content (AvgIpc) is 2.41. The van der Waals surface area contributed by atoms with Gasteiger partial charge in [0.25, 0.3) is 0 Å². The van der Waals surface area contributed by atoms with Crippen molar-refractivity contribution in [1.82, 2.24) is 9.80 Å². The normalized spacial score (nSPS) is 10.6. The Labute approximate surface area is 123 Å². The minimum absolute atomic E-state index is 0.989. The van der Waals surface area contributed by atoms with Gasteiger partial charge in [-0.05, 0) is 39.3 Å². The van der Waals surface area contributed by atoms with Gasteiger partial charge in [0.1, 0.15) is 0 Å². The Bertz CT molecular complexity index is 117. The molecule has 0 atom stereocenters. The van der Waals surface area contributed by atoms with Crippen LogP contribution >= 0.6 is 9.53 Å². The van der Waals surface area contributed by atoms with Crippen molar-refractivity contribution in [3.05, 3.63) is 5.32 Å². The van der Waals surface area contributed by atoms with E-state index >= 15 is 0 Å². The molecule has 0 amide bonds. The SMILES string of the molecule is CCN(CC)CC[N-]CCN(CC)CC.[Cl][Pd+]. The summed E-state index contributed by atoms with van der Waals surface area (Å²) in [6, 6.07) is 0. The molecule has 0 rings (SSSR count). The Balaban J connectivity index is 0. The Morgan fingerprint density at radius 1 is 0.765 bits per heavy atom. The molecule has 0 aliphatic carbocycles. The van der Waals surface area contributed by atoms with Crippen LogP contribution in [0.5, 0.6) is 0 Å². The van der Waals surface area contributed by atoms with Gasteiger partial charge in [-0.15, -0.1) is 13.1 Å². The van der Waals surface area contributed by atoms with Crippen molar-refractivity contribution >= 4 is 9.53 Å². The Hall–Kier alpha value is 0.832. The van der Waals surface area contributed by atoms with Crippen molar-refractivity contribution in [2.75, 3.05) is 52.4 Å². The summed E-state index contributed by atoms with van der Waals surface area (Å²) < 4.78 is 0. The zero-order valence-electron chi connectivity index (χ0n) is 11.7. The van der Waals surface area contributed by atoms with E-state index in [0.29, 0.717) is 0 Å². The van der Waals surface area contributed by atoms with E-state index in [4.69, 9.17) is 0 Å². The number of halogens is 1. The predicted octanol–water partition coefficient (Wildman–Crippen LogP) is 2.73. The van der Waals surface area contributed by atoms with Gasteiger partial charge >= 0.3 is 27.7 Å². The Morgan fingerprint density at radius 2 is 1.06 bits per heavy atom. The van der Waals surface area contributed by atoms with E-state index in [1.165, 1.54) is 0 Å². The van der Waals surface area contributed by atoms with Gasteiger partial charge < -0.3 is 15.1 Å². The first-order chi connectivity index (χ1) is 8.28. The molecule has 3 nitrogen and oxygen atoms in total. The summed E-state index contributed by atoms with van der Waals surface area (Å²) in [7, 11) is 4.49. The first-order valence-corrected chi connectivity index (χ1v) is 8.48. The molecular formula is C12H28ClN3Pd. The van der Waals surface area contributed by atoms with Gasteiger partial charge in [0.05, 0.1) is 0 Å². The molecule has 0 fully saturated rings. The quantitative estimate of drug-likeness (QED) is 0.443. The van der Waals surface area contributed by atoms with Crippen molar-refractivity contribution in [1.29, 1.82) is 0 Å². The molecule has 0 saturated carbocycles. The molecule has 0 aromatic rings. The second-order valence-electron chi connectivity index (χ2n) is 3.72. The van der Waals surface area contributed by atoms with Crippen molar-refractivity contribution in [2.24, 2.45) is 0 Å². The minimum atomic E-state index is 0.989. The maximum absolute atomic E-state index is 4.56. The zero-order valence-corrected chi connectivity index (χ0v) is 14.0. The number of likely N-dealkylation sites (N-methyl/N-ethyl adjacent to an activating group) is 2. The fourth-order valence-corrected chi connectivity index (χ4v) is 1.62.